The minimum Gasteiger partial charge on any atom is -0.489 e. The summed E-state index contributed by atoms with van der Waals surface area (Å²) in [6.45, 7) is 2.21. The Bertz CT molecular complexity index is 1210. The van der Waals surface area contributed by atoms with Crippen molar-refractivity contribution in [3.8, 4) is 5.75 Å². The molecular weight excluding hydrogens is 412 g/mol. The van der Waals surface area contributed by atoms with Crippen molar-refractivity contribution < 1.29 is 14.3 Å². The van der Waals surface area contributed by atoms with E-state index < -0.39 is 0 Å². The van der Waals surface area contributed by atoms with E-state index in [0.29, 0.717) is 6.61 Å². The summed E-state index contributed by atoms with van der Waals surface area (Å²) in [5.41, 5.74) is 5.70. The van der Waals surface area contributed by atoms with E-state index in [-0.39, 0.29) is 5.97 Å². The average Bonchev–Trinajstić information content (AvgIpc) is 3.27. The summed E-state index contributed by atoms with van der Waals surface area (Å²) in [7, 11) is 1.37. The Kier molecular flexibility index (Phi) is 7.56. The van der Waals surface area contributed by atoms with Crippen LogP contribution in [0.2, 0.25) is 0 Å². The quantitative estimate of drug-likeness (QED) is 0.200. The highest BCUT2D eigenvalue weighted by Gasteiger charge is 2.06. The number of aromatic nitrogens is 1. The van der Waals surface area contributed by atoms with Crippen molar-refractivity contribution in [1.82, 2.24) is 10.3 Å². The zero-order valence-corrected chi connectivity index (χ0v) is 18.7. The van der Waals surface area contributed by atoms with Gasteiger partial charge in [-0.1, -0.05) is 54.6 Å². The molecule has 168 valence electrons. The first-order valence-electron chi connectivity index (χ1n) is 11.0. The van der Waals surface area contributed by atoms with Crippen LogP contribution < -0.4 is 10.1 Å². The first kappa shape index (κ1) is 22.4. The summed E-state index contributed by atoms with van der Waals surface area (Å²) in [6, 6.07) is 24.5. The van der Waals surface area contributed by atoms with Crippen LogP contribution in [0.4, 0.5) is 0 Å². The molecule has 1 aromatic heterocycles. The number of benzene rings is 3. The zero-order valence-electron chi connectivity index (χ0n) is 18.7. The lowest BCUT2D eigenvalue weighted by Crippen LogP contribution is -2.16. The van der Waals surface area contributed by atoms with Gasteiger partial charge >= 0.3 is 5.97 Å². The van der Waals surface area contributed by atoms with E-state index in [1.165, 1.54) is 29.7 Å². The van der Waals surface area contributed by atoms with Crippen LogP contribution in [0.3, 0.4) is 0 Å². The van der Waals surface area contributed by atoms with Gasteiger partial charge in [0.15, 0.2) is 0 Å². The van der Waals surface area contributed by atoms with E-state index in [4.69, 9.17) is 4.74 Å². The number of fused-ring (bicyclic) bond motifs is 1. The van der Waals surface area contributed by atoms with Crippen molar-refractivity contribution in [2.24, 2.45) is 0 Å². The van der Waals surface area contributed by atoms with Gasteiger partial charge in [0.25, 0.3) is 0 Å². The number of hydrogen-bond acceptors (Lipinski definition) is 4. The van der Waals surface area contributed by atoms with Crippen molar-refractivity contribution >= 4 is 22.9 Å². The van der Waals surface area contributed by atoms with Gasteiger partial charge in [0, 0.05) is 29.7 Å². The number of hydrogen-bond donors (Lipinski definition) is 2. The molecule has 2 N–H and O–H groups in total. The first-order chi connectivity index (χ1) is 16.2. The number of ether oxygens (including phenoxy) is 2. The van der Waals surface area contributed by atoms with Crippen LogP contribution in [-0.2, 0) is 29.1 Å². The lowest BCUT2D eigenvalue weighted by molar-refractivity contribution is -0.134. The molecule has 3 aromatic carbocycles. The summed E-state index contributed by atoms with van der Waals surface area (Å²) in [6.07, 6.45) is 6.17. The minimum absolute atomic E-state index is 0.354. The average molecular weight is 441 g/mol. The first-order valence-corrected chi connectivity index (χ1v) is 11.0. The van der Waals surface area contributed by atoms with E-state index in [9.17, 15) is 4.79 Å². The molecule has 0 saturated carbocycles. The van der Waals surface area contributed by atoms with Crippen LogP contribution >= 0.6 is 0 Å². The molecule has 1 heterocycles. The van der Waals surface area contributed by atoms with Crippen LogP contribution in [0, 0.1) is 0 Å². The molecular formula is C28H28N2O3. The normalized spacial score (nSPS) is 11.2. The molecule has 0 radical (unpaired) electrons. The second kappa shape index (κ2) is 11.2. The molecule has 0 amide bonds. The molecule has 33 heavy (non-hydrogen) atoms. The van der Waals surface area contributed by atoms with Gasteiger partial charge in [-0.3, -0.25) is 0 Å². The third-order valence-electron chi connectivity index (χ3n) is 5.48. The number of carbonyl (C=O) groups excluding carboxylic acids is 1. The molecule has 0 atom stereocenters. The number of methoxy groups -OCH3 is 1. The Balaban J connectivity index is 1.28. The number of carbonyl (C=O) groups is 1. The molecule has 0 aliphatic carbocycles. The summed E-state index contributed by atoms with van der Waals surface area (Å²) >= 11 is 0. The number of aromatic amines is 1. The molecule has 0 spiro atoms. The Labute approximate surface area is 194 Å². The van der Waals surface area contributed by atoms with Crippen molar-refractivity contribution in [1.29, 1.82) is 0 Å². The van der Waals surface area contributed by atoms with E-state index in [0.717, 1.165) is 41.9 Å². The fourth-order valence-electron chi connectivity index (χ4n) is 3.63. The molecule has 4 rings (SSSR count). The van der Waals surface area contributed by atoms with Gasteiger partial charge in [0.05, 0.1) is 7.11 Å². The smallest absolute Gasteiger partial charge is 0.330 e. The van der Waals surface area contributed by atoms with Crippen LogP contribution in [0.15, 0.2) is 85.1 Å². The maximum Gasteiger partial charge on any atom is 0.330 e. The van der Waals surface area contributed by atoms with Gasteiger partial charge in [0.2, 0.25) is 0 Å². The topological polar surface area (TPSA) is 63.3 Å². The highest BCUT2D eigenvalue weighted by atomic mass is 16.5. The molecule has 5 heteroatoms. The molecule has 4 aromatic rings. The molecule has 0 bridgehead atoms. The van der Waals surface area contributed by atoms with Crippen LogP contribution in [0.1, 0.15) is 22.3 Å². The third-order valence-corrected chi connectivity index (χ3v) is 5.48. The number of esters is 1. The standard InChI is InChI=1S/C28H28N2O3/c1-32-28(31)14-11-21-7-9-22(10-8-21)18-29-16-15-24-19-30-27-13-12-25(17-26(24)27)33-20-23-5-3-2-4-6-23/h2-14,17,19,29-30H,15-16,18,20H2,1H3/b14-11+. The third kappa shape index (κ3) is 6.34. The number of rotatable bonds is 10. The van der Waals surface area contributed by atoms with E-state index in [1.807, 2.05) is 36.4 Å². The van der Waals surface area contributed by atoms with Gasteiger partial charge in [0.1, 0.15) is 12.4 Å². The highest BCUT2D eigenvalue weighted by Crippen LogP contribution is 2.24. The van der Waals surface area contributed by atoms with Gasteiger partial charge in [-0.2, -0.15) is 0 Å². The minimum atomic E-state index is -0.354. The van der Waals surface area contributed by atoms with Gasteiger partial charge in [-0.05, 0) is 59.5 Å². The second-order valence-corrected chi connectivity index (χ2v) is 7.82. The summed E-state index contributed by atoms with van der Waals surface area (Å²) in [4.78, 5) is 14.5. The Morgan fingerprint density at radius 2 is 1.82 bits per heavy atom. The SMILES string of the molecule is COC(=O)/C=C/c1ccc(CNCCc2c[nH]c3ccc(OCc4ccccc4)cc23)cc1. The van der Waals surface area contributed by atoms with E-state index in [1.54, 1.807) is 6.08 Å². The fraction of sp³-hybridized carbons (Fsp3) is 0.179. The lowest BCUT2D eigenvalue weighted by Gasteiger charge is -2.08. The molecule has 0 aliphatic rings. The lowest BCUT2D eigenvalue weighted by atomic mass is 10.1. The van der Waals surface area contributed by atoms with Gasteiger partial charge in [-0.25, -0.2) is 4.79 Å². The molecule has 0 fully saturated rings. The molecule has 0 saturated heterocycles. The van der Waals surface area contributed by atoms with Crippen LogP contribution in [0.25, 0.3) is 17.0 Å². The predicted octanol–water partition coefficient (Wildman–Crippen LogP) is 5.27. The maximum absolute atomic E-state index is 11.2. The zero-order chi connectivity index (χ0) is 22.9. The van der Waals surface area contributed by atoms with Crippen LogP contribution in [-0.4, -0.2) is 24.6 Å². The van der Waals surface area contributed by atoms with Crippen molar-refractivity contribution in [2.45, 2.75) is 19.6 Å². The maximum atomic E-state index is 11.2. The highest BCUT2D eigenvalue weighted by molar-refractivity contribution is 5.87. The predicted molar refractivity (Wildman–Crippen MR) is 132 cm³/mol. The summed E-state index contributed by atoms with van der Waals surface area (Å²) < 4.78 is 10.6. The van der Waals surface area contributed by atoms with E-state index in [2.05, 4.69) is 57.6 Å². The fourth-order valence-corrected chi connectivity index (χ4v) is 3.63. The molecule has 5 nitrogen and oxygen atoms in total. The molecule has 0 aliphatic heterocycles. The summed E-state index contributed by atoms with van der Waals surface area (Å²) in [5.74, 6) is 0.523. The van der Waals surface area contributed by atoms with Gasteiger partial charge < -0.3 is 19.8 Å². The Morgan fingerprint density at radius 1 is 1.00 bits per heavy atom. The second-order valence-electron chi connectivity index (χ2n) is 7.82. The number of H-pyrrole nitrogens is 1. The summed E-state index contributed by atoms with van der Waals surface area (Å²) in [5, 5.41) is 4.71. The van der Waals surface area contributed by atoms with Crippen molar-refractivity contribution in [2.75, 3.05) is 13.7 Å². The van der Waals surface area contributed by atoms with Crippen molar-refractivity contribution in [3.63, 3.8) is 0 Å². The molecule has 0 unspecified atom stereocenters. The Hall–Kier alpha value is -3.83. The van der Waals surface area contributed by atoms with E-state index >= 15 is 0 Å². The Morgan fingerprint density at radius 3 is 2.61 bits per heavy atom. The monoisotopic (exact) mass is 440 g/mol. The van der Waals surface area contributed by atoms with Crippen molar-refractivity contribution in [3.05, 3.63) is 107 Å². The number of nitrogens with one attached hydrogen (secondary N) is 2. The van der Waals surface area contributed by atoms with Gasteiger partial charge in [-0.15, -0.1) is 0 Å². The largest absolute Gasteiger partial charge is 0.489 e. The van der Waals surface area contributed by atoms with Crippen LogP contribution in [0.5, 0.6) is 5.75 Å².